The summed E-state index contributed by atoms with van der Waals surface area (Å²) in [6.45, 7) is 1.98. The number of amides is 1. The van der Waals surface area contributed by atoms with Gasteiger partial charge in [0.15, 0.2) is 11.0 Å². The van der Waals surface area contributed by atoms with Gasteiger partial charge >= 0.3 is 0 Å². The van der Waals surface area contributed by atoms with Crippen molar-refractivity contribution >= 4 is 34.1 Å². The summed E-state index contributed by atoms with van der Waals surface area (Å²) in [6.07, 6.45) is 4.10. The van der Waals surface area contributed by atoms with Gasteiger partial charge in [-0.3, -0.25) is 19.7 Å². The average molecular weight is 442 g/mol. The maximum absolute atomic E-state index is 13.4. The van der Waals surface area contributed by atoms with E-state index >= 15 is 0 Å². The Hall–Kier alpha value is -3.18. The minimum absolute atomic E-state index is 0.105. The Balaban J connectivity index is 1.57. The molecule has 3 heterocycles. The number of thioether (sulfide) groups is 1. The van der Waals surface area contributed by atoms with E-state index in [-0.39, 0.29) is 17.5 Å². The fraction of sp³-hybridized carbons (Fsp3) is 0.158. The molecule has 30 heavy (non-hydrogen) atoms. The van der Waals surface area contributed by atoms with Crippen molar-refractivity contribution in [2.75, 3.05) is 11.1 Å². The zero-order valence-electron chi connectivity index (χ0n) is 15.8. The van der Waals surface area contributed by atoms with Crippen LogP contribution in [0.25, 0.3) is 17.1 Å². The smallest absolute Gasteiger partial charge is 0.236 e. The topological polar surface area (TPSA) is 98.5 Å². The van der Waals surface area contributed by atoms with Gasteiger partial charge in [0.2, 0.25) is 11.0 Å². The van der Waals surface area contributed by atoms with Gasteiger partial charge < -0.3 is 0 Å². The number of nitrogens with one attached hydrogen (secondary N) is 1. The number of hydrogen-bond donors (Lipinski definition) is 1. The molecule has 0 aliphatic heterocycles. The lowest BCUT2D eigenvalue weighted by atomic mass is 10.2. The second kappa shape index (κ2) is 9.09. The number of nitrogens with zero attached hydrogens (tertiary/aromatic N) is 6. The summed E-state index contributed by atoms with van der Waals surface area (Å²) in [4.78, 5) is 16.5. The van der Waals surface area contributed by atoms with Crippen LogP contribution >= 0.6 is 23.1 Å². The first kappa shape index (κ1) is 20.1. The lowest BCUT2D eigenvalue weighted by molar-refractivity contribution is -0.113. The van der Waals surface area contributed by atoms with Crippen LogP contribution < -0.4 is 5.32 Å². The summed E-state index contributed by atoms with van der Waals surface area (Å²) in [5, 5.41) is 21.0. The van der Waals surface area contributed by atoms with Crippen molar-refractivity contribution in [2.45, 2.75) is 18.5 Å². The quantitative estimate of drug-likeness (QED) is 0.437. The molecular formula is C19H16FN7OS2. The predicted molar refractivity (Wildman–Crippen MR) is 113 cm³/mol. The van der Waals surface area contributed by atoms with Gasteiger partial charge in [0.1, 0.15) is 10.8 Å². The van der Waals surface area contributed by atoms with Gasteiger partial charge in [-0.1, -0.05) is 30.0 Å². The molecule has 1 aromatic carbocycles. The molecular weight excluding hydrogens is 425 g/mol. The highest BCUT2D eigenvalue weighted by atomic mass is 32.2. The Morgan fingerprint density at radius 1 is 1.17 bits per heavy atom. The van der Waals surface area contributed by atoms with Gasteiger partial charge in [0, 0.05) is 23.6 Å². The first-order chi connectivity index (χ1) is 14.6. The molecule has 0 unspecified atom stereocenters. The Bertz CT molecular complexity index is 1150. The molecule has 0 saturated heterocycles. The maximum Gasteiger partial charge on any atom is 0.236 e. The molecule has 0 aliphatic rings. The minimum Gasteiger partial charge on any atom is -0.300 e. The van der Waals surface area contributed by atoms with Crippen LogP contribution in [0.5, 0.6) is 0 Å². The molecule has 3 aromatic heterocycles. The molecule has 0 atom stereocenters. The Labute approximate surface area is 179 Å². The summed E-state index contributed by atoms with van der Waals surface area (Å²) in [5.41, 5.74) is 1.44. The Morgan fingerprint density at radius 3 is 2.70 bits per heavy atom. The van der Waals surface area contributed by atoms with Crippen LogP contribution in [-0.4, -0.2) is 41.6 Å². The molecule has 0 radical (unpaired) electrons. The van der Waals surface area contributed by atoms with Crippen LogP contribution in [0.15, 0.2) is 53.9 Å². The third kappa shape index (κ3) is 4.52. The lowest BCUT2D eigenvalue weighted by Crippen LogP contribution is -2.14. The van der Waals surface area contributed by atoms with E-state index in [4.69, 9.17) is 0 Å². The second-order valence-corrected chi connectivity index (χ2v) is 8.06. The largest absolute Gasteiger partial charge is 0.300 e. The number of benzene rings is 1. The van der Waals surface area contributed by atoms with E-state index in [0.29, 0.717) is 21.8 Å². The fourth-order valence-electron chi connectivity index (χ4n) is 2.60. The number of rotatable bonds is 7. The van der Waals surface area contributed by atoms with Crippen molar-refractivity contribution in [3.8, 4) is 17.1 Å². The number of halogens is 1. The lowest BCUT2D eigenvalue weighted by Gasteiger charge is -2.10. The van der Waals surface area contributed by atoms with Crippen LogP contribution in [0.1, 0.15) is 11.9 Å². The van der Waals surface area contributed by atoms with Gasteiger partial charge in [0.25, 0.3) is 0 Å². The van der Waals surface area contributed by atoms with E-state index in [1.165, 1.54) is 35.2 Å². The normalized spacial score (nSPS) is 10.9. The van der Waals surface area contributed by atoms with Crippen molar-refractivity contribution in [3.05, 3.63) is 59.6 Å². The summed E-state index contributed by atoms with van der Waals surface area (Å²) in [6, 6.07) is 9.66. The van der Waals surface area contributed by atoms with Crippen LogP contribution in [0.3, 0.4) is 0 Å². The van der Waals surface area contributed by atoms with Crippen molar-refractivity contribution in [1.82, 2.24) is 29.9 Å². The van der Waals surface area contributed by atoms with Gasteiger partial charge in [0.05, 0.1) is 5.75 Å². The molecule has 4 rings (SSSR count). The number of carbonyl (C=O) groups excluding carboxylic acids is 1. The molecule has 0 aliphatic carbocycles. The monoisotopic (exact) mass is 441 g/mol. The van der Waals surface area contributed by atoms with Crippen LogP contribution in [0, 0.1) is 5.82 Å². The highest BCUT2D eigenvalue weighted by Gasteiger charge is 2.18. The third-order valence-electron chi connectivity index (χ3n) is 3.99. The highest BCUT2D eigenvalue weighted by molar-refractivity contribution is 7.99. The van der Waals surface area contributed by atoms with E-state index in [9.17, 15) is 9.18 Å². The number of hydrogen-bond acceptors (Lipinski definition) is 8. The zero-order valence-corrected chi connectivity index (χ0v) is 17.5. The molecule has 4 aromatic rings. The van der Waals surface area contributed by atoms with E-state index in [1.54, 1.807) is 35.2 Å². The van der Waals surface area contributed by atoms with E-state index in [2.05, 4.69) is 30.7 Å². The Morgan fingerprint density at radius 2 is 2.00 bits per heavy atom. The molecule has 8 nitrogen and oxygen atoms in total. The number of carbonyl (C=O) groups is 1. The molecule has 11 heteroatoms. The molecule has 0 fully saturated rings. The maximum atomic E-state index is 13.4. The molecule has 0 spiro atoms. The first-order valence-corrected chi connectivity index (χ1v) is 10.8. The number of aryl methyl sites for hydroxylation is 1. The van der Waals surface area contributed by atoms with Crippen molar-refractivity contribution in [1.29, 1.82) is 0 Å². The van der Waals surface area contributed by atoms with Crippen molar-refractivity contribution in [3.63, 3.8) is 0 Å². The molecule has 1 amide bonds. The summed E-state index contributed by atoms with van der Waals surface area (Å²) in [5.74, 6) is 0.0875. The second-order valence-electron chi connectivity index (χ2n) is 6.05. The highest BCUT2D eigenvalue weighted by Crippen LogP contribution is 2.28. The van der Waals surface area contributed by atoms with E-state index in [0.717, 1.165) is 17.0 Å². The fourth-order valence-corrected chi connectivity index (χ4v) is 4.05. The molecule has 1 N–H and O–H groups in total. The van der Waals surface area contributed by atoms with Crippen LogP contribution in [0.4, 0.5) is 9.52 Å². The third-order valence-corrected chi connectivity index (χ3v) is 5.90. The standard InChI is InChI=1S/C19H16FN7OS2/c1-2-16-23-25-18(30-16)22-15(28)11-29-19-26-24-17(12-4-3-9-21-10-12)27(19)14-7-5-13(20)6-8-14/h3-10H,2,11H2,1H3,(H,22,25,28). The minimum atomic E-state index is -0.341. The predicted octanol–water partition coefficient (Wildman–Crippen LogP) is 3.61. The summed E-state index contributed by atoms with van der Waals surface area (Å²) >= 11 is 2.57. The first-order valence-electron chi connectivity index (χ1n) is 9.01. The number of aromatic nitrogens is 6. The Kier molecular flexibility index (Phi) is 6.10. The molecule has 152 valence electrons. The van der Waals surface area contributed by atoms with Crippen molar-refractivity contribution < 1.29 is 9.18 Å². The van der Waals surface area contributed by atoms with Crippen LogP contribution in [-0.2, 0) is 11.2 Å². The van der Waals surface area contributed by atoms with Gasteiger partial charge in [-0.15, -0.1) is 20.4 Å². The van der Waals surface area contributed by atoms with Crippen molar-refractivity contribution in [2.24, 2.45) is 0 Å². The summed E-state index contributed by atoms with van der Waals surface area (Å²) in [7, 11) is 0. The van der Waals surface area contributed by atoms with Gasteiger partial charge in [-0.2, -0.15) is 0 Å². The van der Waals surface area contributed by atoms with Gasteiger partial charge in [-0.25, -0.2) is 4.39 Å². The average Bonchev–Trinajstić information content (AvgIpc) is 3.40. The van der Waals surface area contributed by atoms with Gasteiger partial charge in [-0.05, 0) is 42.8 Å². The van der Waals surface area contributed by atoms with E-state index < -0.39 is 0 Å². The van der Waals surface area contributed by atoms with E-state index in [1.807, 2.05) is 13.0 Å². The SMILES string of the molecule is CCc1nnc(NC(=O)CSc2nnc(-c3cccnc3)n2-c2ccc(F)cc2)s1. The number of pyridine rings is 1. The number of anilines is 1. The molecule has 0 bridgehead atoms. The molecule has 0 saturated carbocycles. The van der Waals surface area contributed by atoms with Crippen LogP contribution in [0.2, 0.25) is 0 Å². The summed E-state index contributed by atoms with van der Waals surface area (Å²) < 4.78 is 15.2. The zero-order chi connectivity index (χ0) is 20.9.